The quantitative estimate of drug-likeness (QED) is 0.439. The van der Waals surface area contributed by atoms with Crippen LogP contribution in [0.1, 0.15) is 13.8 Å². The average molecular weight is 234 g/mol. The molecule has 0 aliphatic rings. The highest BCUT2D eigenvalue weighted by atomic mass is 16.4. The summed E-state index contributed by atoms with van der Waals surface area (Å²) >= 11 is 0. The molecule has 0 aromatic heterocycles. The first-order valence-electron chi connectivity index (χ1n) is 4.34. The largest absolute Gasteiger partial charge is 0.479 e. The van der Waals surface area contributed by atoms with Crippen molar-refractivity contribution in [1.29, 1.82) is 0 Å². The molecule has 2 atom stereocenters. The Kier molecular flexibility index (Phi) is 4.51. The number of nitrogens with zero attached hydrogens (tertiary/aromatic N) is 2. The summed E-state index contributed by atoms with van der Waals surface area (Å²) in [5, 5.41) is 41.6. The Balaban J connectivity index is 5.07. The summed E-state index contributed by atoms with van der Waals surface area (Å²) < 4.78 is 0. The Morgan fingerprint density at radius 3 is 1.31 bits per heavy atom. The molecule has 0 rings (SSSR count). The Bertz CT molecular complexity index is 288. The second kappa shape index (κ2) is 4.99. The molecule has 92 valence electrons. The number of carboxylic acids is 2. The first-order valence-corrected chi connectivity index (χ1v) is 4.34. The van der Waals surface area contributed by atoms with E-state index < -0.39 is 36.2 Å². The number of azo groups is 1. The highest BCUT2D eigenvalue weighted by molar-refractivity contribution is 5.79. The van der Waals surface area contributed by atoms with Gasteiger partial charge in [-0.25, -0.2) is 9.59 Å². The van der Waals surface area contributed by atoms with Crippen molar-refractivity contribution in [2.45, 2.75) is 24.9 Å². The van der Waals surface area contributed by atoms with E-state index in [0.717, 1.165) is 13.8 Å². The first-order chi connectivity index (χ1) is 7.22. The van der Waals surface area contributed by atoms with Gasteiger partial charge < -0.3 is 20.4 Å². The van der Waals surface area contributed by atoms with Crippen molar-refractivity contribution in [3.8, 4) is 0 Å². The molecule has 16 heavy (non-hydrogen) atoms. The van der Waals surface area contributed by atoms with Crippen molar-refractivity contribution in [3.05, 3.63) is 0 Å². The number of carboxylic acid groups (broad SMARTS) is 2. The summed E-state index contributed by atoms with van der Waals surface area (Å²) in [5.74, 6) is -2.88. The van der Waals surface area contributed by atoms with Crippen LogP contribution < -0.4 is 0 Å². The summed E-state index contributed by atoms with van der Waals surface area (Å²) in [6, 6.07) is 0. The van der Waals surface area contributed by atoms with Crippen molar-refractivity contribution in [2.24, 2.45) is 10.2 Å². The Morgan fingerprint density at radius 1 is 0.938 bits per heavy atom. The lowest BCUT2D eigenvalue weighted by Crippen LogP contribution is -2.40. The second-order valence-corrected chi connectivity index (χ2v) is 3.67. The fraction of sp³-hybridized carbons (Fsp3) is 0.750. The van der Waals surface area contributed by atoms with Crippen LogP contribution in [0.3, 0.4) is 0 Å². The zero-order valence-electron chi connectivity index (χ0n) is 8.91. The third kappa shape index (κ3) is 2.97. The average Bonchev–Trinajstić information content (AvgIpc) is 2.24. The van der Waals surface area contributed by atoms with Crippen LogP contribution in [0.4, 0.5) is 0 Å². The fourth-order valence-corrected chi connectivity index (χ4v) is 0.505. The number of hydrogen-bond acceptors (Lipinski definition) is 6. The summed E-state index contributed by atoms with van der Waals surface area (Å²) in [6.07, 6.45) is 0. The maximum absolute atomic E-state index is 10.7. The topological polar surface area (TPSA) is 140 Å². The van der Waals surface area contributed by atoms with Gasteiger partial charge in [0.05, 0.1) is 13.2 Å². The molecule has 0 amide bonds. The van der Waals surface area contributed by atoms with Crippen molar-refractivity contribution in [1.82, 2.24) is 0 Å². The number of aliphatic hydroxyl groups is 2. The molecule has 2 unspecified atom stereocenters. The Morgan fingerprint density at radius 2 is 1.19 bits per heavy atom. The van der Waals surface area contributed by atoms with Crippen LogP contribution in [0.5, 0.6) is 0 Å². The monoisotopic (exact) mass is 234 g/mol. The second-order valence-electron chi connectivity index (χ2n) is 3.67. The maximum Gasteiger partial charge on any atom is 0.335 e. The SMILES string of the molecule is CC(CO)(/N=N/C(C)(CO)C(=O)O)C(=O)O. The van der Waals surface area contributed by atoms with Gasteiger partial charge in [0.15, 0.2) is 11.1 Å². The molecule has 0 aromatic rings. The van der Waals surface area contributed by atoms with Crippen LogP contribution in [0.25, 0.3) is 0 Å². The third-order valence-corrected chi connectivity index (χ3v) is 2.03. The van der Waals surface area contributed by atoms with Gasteiger partial charge in [-0.3, -0.25) is 0 Å². The molecule has 0 bridgehead atoms. The van der Waals surface area contributed by atoms with E-state index in [1.54, 1.807) is 0 Å². The molecule has 4 N–H and O–H groups in total. The minimum absolute atomic E-state index is 0.826. The van der Waals surface area contributed by atoms with Crippen LogP contribution in [0.15, 0.2) is 10.2 Å². The predicted octanol–water partition coefficient (Wildman–Crippen LogP) is -0.890. The van der Waals surface area contributed by atoms with Gasteiger partial charge >= 0.3 is 11.9 Å². The van der Waals surface area contributed by atoms with E-state index >= 15 is 0 Å². The minimum atomic E-state index is -1.91. The highest BCUT2D eigenvalue weighted by Gasteiger charge is 2.37. The van der Waals surface area contributed by atoms with Crippen LogP contribution in [-0.4, -0.2) is 56.7 Å². The molecule has 8 heteroatoms. The molecule has 0 saturated heterocycles. The van der Waals surface area contributed by atoms with E-state index in [4.69, 9.17) is 20.4 Å². The predicted molar refractivity (Wildman–Crippen MR) is 51.1 cm³/mol. The lowest BCUT2D eigenvalue weighted by atomic mass is 10.1. The lowest BCUT2D eigenvalue weighted by Gasteiger charge is -2.19. The van der Waals surface area contributed by atoms with E-state index in [1.165, 1.54) is 0 Å². The van der Waals surface area contributed by atoms with E-state index in [2.05, 4.69) is 10.2 Å². The Labute approximate surface area is 91.2 Å². The minimum Gasteiger partial charge on any atom is -0.479 e. The maximum atomic E-state index is 10.7. The van der Waals surface area contributed by atoms with E-state index in [1.807, 2.05) is 0 Å². The standard InChI is InChI=1S/C8H14N2O6/c1-7(3-11,5(13)14)9-10-8(2,4-12)6(15)16/h11-12H,3-4H2,1-2H3,(H,13,14)(H,15,16)/b10-9+. The van der Waals surface area contributed by atoms with Gasteiger partial charge in [0.1, 0.15) is 0 Å². The summed E-state index contributed by atoms with van der Waals surface area (Å²) in [4.78, 5) is 21.4. The zero-order chi connectivity index (χ0) is 13.0. The van der Waals surface area contributed by atoms with Gasteiger partial charge in [-0.05, 0) is 13.8 Å². The van der Waals surface area contributed by atoms with Crippen LogP contribution in [-0.2, 0) is 9.59 Å². The number of hydrogen-bond donors (Lipinski definition) is 4. The number of aliphatic carboxylic acids is 2. The van der Waals surface area contributed by atoms with Crippen molar-refractivity contribution >= 4 is 11.9 Å². The zero-order valence-corrected chi connectivity index (χ0v) is 8.91. The lowest BCUT2D eigenvalue weighted by molar-refractivity contribution is -0.147. The number of rotatable bonds is 6. The van der Waals surface area contributed by atoms with Crippen molar-refractivity contribution < 1.29 is 30.0 Å². The molecule has 0 spiro atoms. The van der Waals surface area contributed by atoms with Crippen molar-refractivity contribution in [2.75, 3.05) is 13.2 Å². The first kappa shape index (κ1) is 14.5. The molecule has 0 heterocycles. The summed E-state index contributed by atoms with van der Waals surface area (Å²) in [6.45, 7) is 0.511. The van der Waals surface area contributed by atoms with Gasteiger partial charge in [0, 0.05) is 0 Å². The van der Waals surface area contributed by atoms with Gasteiger partial charge in [-0.15, -0.1) is 0 Å². The molecular formula is C8H14N2O6. The van der Waals surface area contributed by atoms with E-state index in [-0.39, 0.29) is 0 Å². The molecule has 0 aliphatic carbocycles. The third-order valence-electron chi connectivity index (χ3n) is 2.03. The van der Waals surface area contributed by atoms with Crippen LogP contribution in [0, 0.1) is 0 Å². The molecule has 0 aliphatic heterocycles. The van der Waals surface area contributed by atoms with Gasteiger partial charge in [0.2, 0.25) is 0 Å². The van der Waals surface area contributed by atoms with Crippen LogP contribution >= 0.6 is 0 Å². The Hall–Kier alpha value is -1.54. The molecular weight excluding hydrogens is 220 g/mol. The van der Waals surface area contributed by atoms with Crippen LogP contribution in [0.2, 0.25) is 0 Å². The molecule has 0 aromatic carbocycles. The molecule has 0 fully saturated rings. The van der Waals surface area contributed by atoms with E-state index in [0.29, 0.717) is 0 Å². The van der Waals surface area contributed by atoms with Gasteiger partial charge in [-0.2, -0.15) is 10.2 Å². The summed E-state index contributed by atoms with van der Waals surface area (Å²) in [5.41, 5.74) is -3.82. The normalized spacial score (nSPS) is 19.0. The van der Waals surface area contributed by atoms with Gasteiger partial charge in [-0.1, -0.05) is 0 Å². The smallest absolute Gasteiger partial charge is 0.335 e. The number of carbonyl (C=O) groups is 2. The van der Waals surface area contributed by atoms with Gasteiger partial charge in [0.25, 0.3) is 0 Å². The fourth-order valence-electron chi connectivity index (χ4n) is 0.505. The number of aliphatic hydroxyl groups excluding tert-OH is 2. The molecule has 0 radical (unpaired) electrons. The molecule has 8 nitrogen and oxygen atoms in total. The summed E-state index contributed by atoms with van der Waals surface area (Å²) in [7, 11) is 0. The van der Waals surface area contributed by atoms with Crippen molar-refractivity contribution in [3.63, 3.8) is 0 Å². The van der Waals surface area contributed by atoms with E-state index in [9.17, 15) is 9.59 Å². The molecule has 0 saturated carbocycles. The highest BCUT2D eigenvalue weighted by Crippen LogP contribution is 2.16.